The molecule has 4 aromatic rings. The van der Waals surface area contributed by atoms with Gasteiger partial charge in [0.15, 0.2) is 11.6 Å². The maximum absolute atomic E-state index is 5.55. The molecule has 1 N–H and O–H groups in total. The Morgan fingerprint density at radius 1 is 1.14 bits per heavy atom. The Labute approximate surface area is 163 Å². The summed E-state index contributed by atoms with van der Waals surface area (Å²) in [4.78, 5) is 7.31. The molecule has 1 saturated heterocycles. The van der Waals surface area contributed by atoms with Crippen LogP contribution in [0, 0.1) is 0 Å². The second-order valence-electron chi connectivity index (χ2n) is 8.30. The lowest BCUT2D eigenvalue weighted by atomic mass is 9.89. The molecule has 1 aliphatic rings. The van der Waals surface area contributed by atoms with Gasteiger partial charge in [-0.05, 0) is 23.1 Å². The van der Waals surface area contributed by atoms with Gasteiger partial charge in [0.05, 0.1) is 24.9 Å². The molecule has 28 heavy (non-hydrogen) atoms. The van der Waals surface area contributed by atoms with E-state index in [0.29, 0.717) is 5.82 Å². The van der Waals surface area contributed by atoms with Gasteiger partial charge in [-0.2, -0.15) is 5.10 Å². The van der Waals surface area contributed by atoms with Gasteiger partial charge >= 0.3 is 0 Å². The van der Waals surface area contributed by atoms with Gasteiger partial charge in [0.25, 0.3) is 0 Å². The first kappa shape index (κ1) is 17.2. The van der Waals surface area contributed by atoms with Crippen molar-refractivity contribution in [3.8, 4) is 11.4 Å². The van der Waals surface area contributed by atoms with E-state index in [9.17, 15) is 0 Å². The lowest BCUT2D eigenvalue weighted by Gasteiger charge is -2.28. The minimum absolute atomic E-state index is 0.0424. The lowest BCUT2D eigenvalue weighted by Crippen LogP contribution is -2.37. The Balaban J connectivity index is 1.75. The molecule has 1 aromatic carbocycles. The Bertz CT molecular complexity index is 1150. The summed E-state index contributed by atoms with van der Waals surface area (Å²) < 4.78 is 7.53. The van der Waals surface area contributed by atoms with E-state index in [4.69, 9.17) is 14.8 Å². The van der Waals surface area contributed by atoms with Crippen LogP contribution in [0.25, 0.3) is 27.8 Å². The number of ether oxygens (including phenoxy) is 1. The van der Waals surface area contributed by atoms with Crippen LogP contribution in [0.5, 0.6) is 0 Å². The molecule has 4 heterocycles. The summed E-state index contributed by atoms with van der Waals surface area (Å²) in [6.45, 7) is 9.76. The molecule has 0 radical (unpaired) electrons. The Morgan fingerprint density at radius 2 is 1.96 bits per heavy atom. The summed E-state index contributed by atoms with van der Waals surface area (Å²) in [6, 6.07) is 8.29. The summed E-state index contributed by atoms with van der Waals surface area (Å²) in [5.41, 5.74) is 4.29. The second-order valence-corrected chi connectivity index (χ2v) is 8.30. The third-order valence-electron chi connectivity index (χ3n) is 5.35. The number of anilines is 1. The van der Waals surface area contributed by atoms with Gasteiger partial charge < -0.3 is 9.64 Å². The average molecular weight is 376 g/mol. The molecule has 0 amide bonds. The summed E-state index contributed by atoms with van der Waals surface area (Å²) in [6.07, 6.45) is 3.96. The van der Waals surface area contributed by atoms with Gasteiger partial charge in [0.2, 0.25) is 0 Å². The van der Waals surface area contributed by atoms with E-state index in [1.807, 2.05) is 22.8 Å². The topological polar surface area (TPSA) is 71.3 Å². The smallest absolute Gasteiger partial charge is 0.182 e. The van der Waals surface area contributed by atoms with Crippen LogP contribution in [0.4, 0.5) is 5.82 Å². The molecule has 0 spiro atoms. The zero-order valence-corrected chi connectivity index (χ0v) is 16.4. The zero-order chi connectivity index (χ0) is 19.3. The molecular weight excluding hydrogens is 352 g/mol. The Morgan fingerprint density at radius 3 is 2.75 bits per heavy atom. The van der Waals surface area contributed by atoms with E-state index in [-0.39, 0.29) is 5.41 Å². The summed E-state index contributed by atoms with van der Waals surface area (Å²) >= 11 is 0. The first-order chi connectivity index (χ1) is 13.5. The van der Waals surface area contributed by atoms with Crippen LogP contribution in [-0.4, -0.2) is 51.1 Å². The van der Waals surface area contributed by atoms with Crippen LogP contribution in [0.1, 0.15) is 26.3 Å². The minimum atomic E-state index is 0.0424. The quantitative estimate of drug-likeness (QED) is 0.580. The predicted octanol–water partition coefficient (Wildman–Crippen LogP) is 3.41. The standard InChI is InChI=1S/C21H24N6O/c1-21(2,3)14-11-18-20(26-7-9-28-10-8-26)23-19(25-27(18)13-14)15-5-4-6-17-16(15)12-22-24-17/h4-6,11-13H,7-10H2,1-3H3,(H,22,24). The second kappa shape index (κ2) is 6.31. The highest BCUT2D eigenvalue weighted by atomic mass is 16.5. The fourth-order valence-electron chi connectivity index (χ4n) is 3.68. The number of rotatable bonds is 2. The number of morpholine rings is 1. The number of aromatic nitrogens is 5. The van der Waals surface area contributed by atoms with Crippen LogP contribution in [-0.2, 0) is 10.2 Å². The molecule has 144 valence electrons. The molecule has 0 atom stereocenters. The molecule has 0 unspecified atom stereocenters. The molecule has 5 rings (SSSR count). The van der Waals surface area contributed by atoms with Gasteiger partial charge in [-0.1, -0.05) is 32.9 Å². The first-order valence-electron chi connectivity index (χ1n) is 9.67. The van der Waals surface area contributed by atoms with Crippen molar-refractivity contribution < 1.29 is 4.74 Å². The largest absolute Gasteiger partial charge is 0.378 e. The number of nitrogens with zero attached hydrogens (tertiary/aromatic N) is 5. The highest BCUT2D eigenvalue weighted by molar-refractivity contribution is 5.92. The Hall–Kier alpha value is -2.93. The monoisotopic (exact) mass is 376 g/mol. The molecule has 0 bridgehead atoms. The molecule has 0 saturated carbocycles. The summed E-state index contributed by atoms with van der Waals surface area (Å²) in [5.74, 6) is 1.67. The van der Waals surface area contributed by atoms with E-state index >= 15 is 0 Å². The number of fused-ring (bicyclic) bond motifs is 2. The molecule has 0 aliphatic carbocycles. The highest BCUT2D eigenvalue weighted by Gasteiger charge is 2.23. The number of aromatic amines is 1. The van der Waals surface area contributed by atoms with Crippen molar-refractivity contribution in [2.45, 2.75) is 26.2 Å². The van der Waals surface area contributed by atoms with Gasteiger partial charge in [-0.25, -0.2) is 9.50 Å². The van der Waals surface area contributed by atoms with Gasteiger partial charge in [-0.15, -0.1) is 5.10 Å². The molecule has 3 aromatic heterocycles. The van der Waals surface area contributed by atoms with E-state index in [1.54, 1.807) is 0 Å². The Kier molecular flexibility index (Phi) is 3.87. The third-order valence-corrected chi connectivity index (χ3v) is 5.35. The van der Waals surface area contributed by atoms with Crippen LogP contribution >= 0.6 is 0 Å². The normalized spacial score (nSPS) is 15.6. The van der Waals surface area contributed by atoms with E-state index in [1.165, 1.54) is 5.56 Å². The van der Waals surface area contributed by atoms with Crippen LogP contribution in [0.3, 0.4) is 0 Å². The van der Waals surface area contributed by atoms with Crippen molar-refractivity contribution in [2.24, 2.45) is 0 Å². The summed E-state index contributed by atoms with van der Waals surface area (Å²) in [5, 5.41) is 13.1. The van der Waals surface area contributed by atoms with Gasteiger partial charge in [-0.3, -0.25) is 5.10 Å². The van der Waals surface area contributed by atoms with E-state index < -0.39 is 0 Å². The molecule has 7 nitrogen and oxygen atoms in total. The van der Waals surface area contributed by atoms with Crippen molar-refractivity contribution in [1.29, 1.82) is 0 Å². The van der Waals surface area contributed by atoms with Crippen molar-refractivity contribution in [3.05, 3.63) is 42.2 Å². The highest BCUT2D eigenvalue weighted by Crippen LogP contribution is 2.32. The lowest BCUT2D eigenvalue weighted by molar-refractivity contribution is 0.122. The third kappa shape index (κ3) is 2.82. The number of hydrogen-bond acceptors (Lipinski definition) is 5. The predicted molar refractivity (Wildman–Crippen MR) is 110 cm³/mol. The number of nitrogens with one attached hydrogen (secondary N) is 1. The van der Waals surface area contributed by atoms with E-state index in [0.717, 1.165) is 54.1 Å². The number of H-pyrrole nitrogens is 1. The van der Waals surface area contributed by atoms with Crippen molar-refractivity contribution >= 4 is 22.2 Å². The van der Waals surface area contributed by atoms with Gasteiger partial charge in [0, 0.05) is 30.2 Å². The maximum atomic E-state index is 5.55. The fraction of sp³-hybridized carbons (Fsp3) is 0.381. The minimum Gasteiger partial charge on any atom is -0.378 e. The molecule has 1 fully saturated rings. The zero-order valence-electron chi connectivity index (χ0n) is 16.4. The number of hydrogen-bond donors (Lipinski definition) is 1. The number of benzene rings is 1. The SMILES string of the molecule is CC(C)(C)c1cc2c(N3CCOCC3)nc(-c3cccc4[nH]ncc34)nn2c1. The van der Waals surface area contributed by atoms with Crippen LogP contribution in [0.2, 0.25) is 0 Å². The summed E-state index contributed by atoms with van der Waals surface area (Å²) in [7, 11) is 0. The fourth-order valence-corrected chi connectivity index (χ4v) is 3.68. The van der Waals surface area contributed by atoms with E-state index in [2.05, 4.69) is 54.2 Å². The first-order valence-corrected chi connectivity index (χ1v) is 9.67. The van der Waals surface area contributed by atoms with Crippen molar-refractivity contribution in [1.82, 2.24) is 24.8 Å². The van der Waals surface area contributed by atoms with Crippen molar-refractivity contribution in [2.75, 3.05) is 31.2 Å². The van der Waals surface area contributed by atoms with Gasteiger partial charge in [0.1, 0.15) is 5.52 Å². The molecule has 7 heteroatoms. The molecular formula is C21H24N6O. The molecule has 1 aliphatic heterocycles. The van der Waals surface area contributed by atoms with Crippen LogP contribution in [0.15, 0.2) is 36.7 Å². The van der Waals surface area contributed by atoms with Crippen molar-refractivity contribution in [3.63, 3.8) is 0 Å². The maximum Gasteiger partial charge on any atom is 0.182 e. The average Bonchev–Trinajstić information content (AvgIpc) is 3.34. The van der Waals surface area contributed by atoms with Crippen LogP contribution < -0.4 is 4.90 Å².